The normalized spacial score (nSPS) is 17.4. The van der Waals surface area contributed by atoms with Gasteiger partial charge in [-0.15, -0.1) is 0 Å². The zero-order chi connectivity index (χ0) is 25.1. The Bertz CT molecular complexity index is 1300. The average Bonchev–Trinajstić information content (AvgIpc) is 3.24. The maximum atomic E-state index is 13.0. The number of non-ortho nitro benzene ring substituents is 1. The van der Waals surface area contributed by atoms with Crippen LogP contribution in [0.2, 0.25) is 0 Å². The number of carbonyl (C=O) groups excluding carboxylic acids is 1. The summed E-state index contributed by atoms with van der Waals surface area (Å²) in [5.41, 5.74) is 4.76. The molecule has 0 unspecified atom stereocenters. The number of nitro benzene ring substituents is 1. The molecular formula is C28H28N4O4. The molecule has 0 aromatic heterocycles. The molecule has 0 atom stereocenters. The first kappa shape index (κ1) is 23.7. The molecule has 2 aliphatic rings. The van der Waals surface area contributed by atoms with E-state index in [0.717, 1.165) is 43.7 Å². The van der Waals surface area contributed by atoms with E-state index in [1.807, 2.05) is 42.5 Å². The van der Waals surface area contributed by atoms with Crippen molar-refractivity contribution >= 4 is 34.2 Å². The molecule has 1 fully saturated rings. The van der Waals surface area contributed by atoms with E-state index in [9.17, 15) is 20.0 Å². The van der Waals surface area contributed by atoms with Gasteiger partial charge in [0.05, 0.1) is 16.2 Å². The van der Waals surface area contributed by atoms with Gasteiger partial charge in [-0.05, 0) is 61.2 Å². The minimum atomic E-state index is -0.457. The van der Waals surface area contributed by atoms with E-state index in [4.69, 9.17) is 0 Å². The van der Waals surface area contributed by atoms with E-state index >= 15 is 0 Å². The van der Waals surface area contributed by atoms with Crippen LogP contribution in [0.1, 0.15) is 29.5 Å². The molecule has 0 aliphatic carbocycles. The number of amides is 1. The second kappa shape index (κ2) is 10.3. The number of nitrogens with one attached hydrogen (secondary N) is 2. The number of piperidine rings is 1. The summed E-state index contributed by atoms with van der Waals surface area (Å²) >= 11 is 0. The van der Waals surface area contributed by atoms with E-state index in [-0.39, 0.29) is 18.2 Å². The third kappa shape index (κ3) is 5.00. The lowest BCUT2D eigenvalue weighted by molar-refractivity contribution is -0.384. The van der Waals surface area contributed by atoms with Crippen LogP contribution < -0.4 is 10.6 Å². The highest BCUT2D eigenvalue weighted by molar-refractivity contribution is 6.37. The molecule has 184 valence electrons. The molecule has 1 amide bonds. The topological polar surface area (TPSA) is 108 Å². The SMILES string of the molecule is O=C1Nc2ccc([N+](=O)[O-])cc2/C1=C(/Nc1ccc(CN2CCC(CO)CC2)cc1)c1ccccc1. The molecule has 8 heteroatoms. The number of rotatable bonds is 7. The van der Waals surface area contributed by atoms with Crippen molar-refractivity contribution in [2.45, 2.75) is 19.4 Å². The highest BCUT2D eigenvalue weighted by atomic mass is 16.6. The monoisotopic (exact) mass is 484 g/mol. The Morgan fingerprint density at radius 1 is 1.06 bits per heavy atom. The van der Waals surface area contributed by atoms with Gasteiger partial charge in [-0.1, -0.05) is 42.5 Å². The van der Waals surface area contributed by atoms with Gasteiger partial charge in [0.1, 0.15) is 0 Å². The molecule has 0 spiro atoms. The molecule has 0 radical (unpaired) electrons. The smallest absolute Gasteiger partial charge is 0.270 e. The van der Waals surface area contributed by atoms with Crippen LogP contribution in [0, 0.1) is 16.0 Å². The summed E-state index contributed by atoms with van der Waals surface area (Å²) in [6, 6.07) is 22.0. The van der Waals surface area contributed by atoms with Crippen molar-refractivity contribution < 1.29 is 14.8 Å². The summed E-state index contributed by atoms with van der Waals surface area (Å²) in [5.74, 6) is 0.108. The number of hydrogen-bond acceptors (Lipinski definition) is 6. The Morgan fingerprint density at radius 2 is 1.78 bits per heavy atom. The number of likely N-dealkylation sites (tertiary alicyclic amines) is 1. The quantitative estimate of drug-likeness (QED) is 0.254. The molecule has 3 aromatic carbocycles. The van der Waals surface area contributed by atoms with Crippen molar-refractivity contribution in [2.75, 3.05) is 30.3 Å². The van der Waals surface area contributed by atoms with Crippen molar-refractivity contribution in [3.8, 4) is 0 Å². The van der Waals surface area contributed by atoms with Crippen LogP contribution in [0.3, 0.4) is 0 Å². The maximum Gasteiger partial charge on any atom is 0.270 e. The molecular weight excluding hydrogens is 456 g/mol. The fourth-order valence-corrected chi connectivity index (χ4v) is 4.82. The van der Waals surface area contributed by atoms with Crippen LogP contribution in [0.5, 0.6) is 0 Å². The van der Waals surface area contributed by atoms with Crippen LogP contribution >= 0.6 is 0 Å². The molecule has 3 aromatic rings. The number of anilines is 2. The van der Waals surface area contributed by atoms with Gasteiger partial charge in [0.2, 0.25) is 0 Å². The van der Waals surface area contributed by atoms with Crippen LogP contribution in [0.25, 0.3) is 11.3 Å². The molecule has 5 rings (SSSR count). The lowest BCUT2D eigenvalue weighted by atomic mass is 9.97. The number of nitro groups is 1. The minimum Gasteiger partial charge on any atom is -0.396 e. The van der Waals surface area contributed by atoms with Gasteiger partial charge in [0, 0.05) is 42.2 Å². The number of fused-ring (bicyclic) bond motifs is 1. The number of aliphatic hydroxyl groups excluding tert-OH is 1. The summed E-state index contributed by atoms with van der Waals surface area (Å²) in [4.78, 5) is 26.4. The first-order valence-electron chi connectivity index (χ1n) is 12.1. The van der Waals surface area contributed by atoms with Crippen LogP contribution in [0.4, 0.5) is 17.1 Å². The summed E-state index contributed by atoms with van der Waals surface area (Å²) in [7, 11) is 0. The number of nitrogens with zero attached hydrogens (tertiary/aromatic N) is 2. The number of aliphatic hydroxyl groups is 1. The molecule has 0 saturated carbocycles. The average molecular weight is 485 g/mol. The van der Waals surface area contributed by atoms with Crippen LogP contribution in [-0.2, 0) is 11.3 Å². The predicted molar refractivity (Wildman–Crippen MR) is 140 cm³/mol. The lowest BCUT2D eigenvalue weighted by Gasteiger charge is -2.31. The maximum absolute atomic E-state index is 13.0. The summed E-state index contributed by atoms with van der Waals surface area (Å²) in [5, 5.41) is 27.0. The zero-order valence-electron chi connectivity index (χ0n) is 19.8. The van der Waals surface area contributed by atoms with Crippen molar-refractivity contribution in [1.82, 2.24) is 4.90 Å². The molecule has 36 heavy (non-hydrogen) atoms. The van der Waals surface area contributed by atoms with Crippen molar-refractivity contribution in [2.24, 2.45) is 5.92 Å². The second-order valence-electron chi connectivity index (χ2n) is 9.28. The Hall–Kier alpha value is -4.01. The Morgan fingerprint density at radius 3 is 2.44 bits per heavy atom. The van der Waals surface area contributed by atoms with E-state index in [0.29, 0.717) is 28.4 Å². The first-order chi connectivity index (χ1) is 17.5. The fourth-order valence-electron chi connectivity index (χ4n) is 4.82. The first-order valence-corrected chi connectivity index (χ1v) is 12.1. The molecule has 3 N–H and O–H groups in total. The van der Waals surface area contributed by atoms with Crippen LogP contribution in [-0.4, -0.2) is 40.5 Å². The number of carbonyl (C=O) groups is 1. The van der Waals surface area contributed by atoms with Gasteiger partial charge in [-0.3, -0.25) is 19.8 Å². The summed E-state index contributed by atoms with van der Waals surface area (Å²) < 4.78 is 0. The van der Waals surface area contributed by atoms with E-state index < -0.39 is 4.92 Å². The Balaban J connectivity index is 1.44. The molecule has 2 aliphatic heterocycles. The van der Waals surface area contributed by atoms with Gasteiger partial charge < -0.3 is 15.7 Å². The molecule has 2 heterocycles. The van der Waals surface area contributed by atoms with Crippen molar-refractivity contribution in [1.29, 1.82) is 0 Å². The lowest BCUT2D eigenvalue weighted by Crippen LogP contribution is -2.34. The Kier molecular flexibility index (Phi) is 6.79. The highest BCUT2D eigenvalue weighted by Crippen LogP contribution is 2.39. The Labute approximate surface area is 209 Å². The zero-order valence-corrected chi connectivity index (χ0v) is 19.8. The van der Waals surface area contributed by atoms with Crippen molar-refractivity contribution in [3.63, 3.8) is 0 Å². The third-order valence-electron chi connectivity index (χ3n) is 6.87. The van der Waals surface area contributed by atoms with E-state index in [1.54, 1.807) is 6.07 Å². The minimum absolute atomic E-state index is 0.0671. The van der Waals surface area contributed by atoms with Gasteiger partial charge in [-0.25, -0.2) is 0 Å². The second-order valence-corrected chi connectivity index (χ2v) is 9.28. The summed E-state index contributed by atoms with van der Waals surface area (Å²) in [6.07, 6.45) is 2.04. The van der Waals surface area contributed by atoms with Gasteiger partial charge in [0.25, 0.3) is 11.6 Å². The summed E-state index contributed by atoms with van der Waals surface area (Å²) in [6.45, 7) is 3.08. The number of hydrogen-bond donors (Lipinski definition) is 3. The number of benzene rings is 3. The van der Waals surface area contributed by atoms with Gasteiger partial charge >= 0.3 is 0 Å². The molecule has 1 saturated heterocycles. The molecule has 0 bridgehead atoms. The predicted octanol–water partition coefficient (Wildman–Crippen LogP) is 4.73. The van der Waals surface area contributed by atoms with E-state index in [1.165, 1.54) is 17.7 Å². The highest BCUT2D eigenvalue weighted by Gasteiger charge is 2.30. The van der Waals surface area contributed by atoms with Gasteiger partial charge in [-0.2, -0.15) is 0 Å². The van der Waals surface area contributed by atoms with Gasteiger partial charge in [0.15, 0.2) is 0 Å². The largest absolute Gasteiger partial charge is 0.396 e. The van der Waals surface area contributed by atoms with Crippen molar-refractivity contribution in [3.05, 3.63) is 99.6 Å². The third-order valence-corrected chi connectivity index (χ3v) is 6.87. The van der Waals surface area contributed by atoms with E-state index in [2.05, 4.69) is 27.7 Å². The fraction of sp³-hybridized carbons (Fsp3) is 0.250. The van der Waals surface area contributed by atoms with Crippen LogP contribution in [0.15, 0.2) is 72.8 Å². The standard InChI is InChI=1S/C28H28N4O4/c33-18-20-12-14-31(15-13-20)17-19-6-8-22(9-7-19)29-27(21-4-2-1-3-5-21)26-24-16-23(32(35)36)10-11-25(24)30-28(26)34/h1-11,16,20,29,33H,12-15,17-18H2,(H,30,34)/b27-26-. The molecule has 8 nitrogen and oxygen atoms in total.